The van der Waals surface area contributed by atoms with E-state index < -0.39 is 80.5 Å². The van der Waals surface area contributed by atoms with Crippen molar-refractivity contribution in [2.45, 2.75) is 74.9 Å². The van der Waals surface area contributed by atoms with Gasteiger partial charge in [0.25, 0.3) is 0 Å². The van der Waals surface area contributed by atoms with Crippen molar-refractivity contribution in [3.8, 4) is 0 Å². The van der Waals surface area contributed by atoms with Crippen LogP contribution in [0, 0.1) is 0 Å². The smallest absolute Gasteiger partial charge is 0.217 e. The van der Waals surface area contributed by atoms with Gasteiger partial charge in [-0.15, -0.1) is 0 Å². The molecule has 186 valence electrons. The predicted octanol–water partition coefficient (Wildman–Crippen LogP) is -3.03. The zero-order valence-corrected chi connectivity index (χ0v) is 18.0. The second-order valence-electron chi connectivity index (χ2n) is 8.04. The van der Waals surface area contributed by atoms with E-state index in [9.17, 15) is 35.4 Å². The molecule has 0 bridgehead atoms. The van der Waals surface area contributed by atoms with Gasteiger partial charge in [-0.1, -0.05) is 30.3 Å². The molecule has 1 aromatic carbocycles. The fourth-order valence-electron chi connectivity index (χ4n) is 3.85. The molecule has 0 aromatic heterocycles. The Bertz CT molecular complexity index is 751. The van der Waals surface area contributed by atoms with Crippen LogP contribution in [0.15, 0.2) is 30.3 Å². The summed E-state index contributed by atoms with van der Waals surface area (Å²) in [7, 11) is 0. The number of nitrogens with one attached hydrogen (secondary N) is 1. The van der Waals surface area contributed by atoms with Gasteiger partial charge in [-0.2, -0.15) is 0 Å². The van der Waals surface area contributed by atoms with Gasteiger partial charge < -0.3 is 54.9 Å². The van der Waals surface area contributed by atoms with Crippen molar-refractivity contribution >= 4 is 5.91 Å². The van der Waals surface area contributed by atoms with Crippen LogP contribution in [0.4, 0.5) is 0 Å². The minimum absolute atomic E-state index is 0.102. The highest BCUT2D eigenvalue weighted by atomic mass is 16.7. The van der Waals surface area contributed by atoms with Crippen molar-refractivity contribution in [2.24, 2.45) is 0 Å². The summed E-state index contributed by atoms with van der Waals surface area (Å²) in [4.78, 5) is 11.8. The highest BCUT2D eigenvalue weighted by molar-refractivity contribution is 5.73. The lowest BCUT2D eigenvalue weighted by atomic mass is 9.95. The van der Waals surface area contributed by atoms with Crippen molar-refractivity contribution in [2.75, 3.05) is 13.2 Å². The van der Waals surface area contributed by atoms with E-state index >= 15 is 0 Å². The van der Waals surface area contributed by atoms with Gasteiger partial charge in [-0.05, 0) is 5.56 Å². The number of hydrogen-bond acceptors (Lipinski definition) is 11. The second kappa shape index (κ2) is 11.6. The van der Waals surface area contributed by atoms with E-state index in [1.165, 1.54) is 6.92 Å². The Morgan fingerprint density at radius 1 is 0.909 bits per heavy atom. The van der Waals surface area contributed by atoms with Gasteiger partial charge in [0.05, 0.1) is 19.8 Å². The summed E-state index contributed by atoms with van der Waals surface area (Å²) in [5.41, 5.74) is 0.817. The molecule has 12 heteroatoms. The normalized spacial score (nSPS) is 39.2. The molecule has 2 fully saturated rings. The second-order valence-corrected chi connectivity index (χ2v) is 8.04. The van der Waals surface area contributed by atoms with E-state index in [1.54, 1.807) is 0 Å². The van der Waals surface area contributed by atoms with Gasteiger partial charge in [-0.25, -0.2) is 0 Å². The van der Waals surface area contributed by atoms with Gasteiger partial charge >= 0.3 is 0 Å². The van der Waals surface area contributed by atoms with Crippen LogP contribution in [-0.2, 0) is 30.3 Å². The van der Waals surface area contributed by atoms with Crippen molar-refractivity contribution in [3.63, 3.8) is 0 Å². The maximum Gasteiger partial charge on any atom is 0.217 e. The molecule has 2 aliphatic rings. The van der Waals surface area contributed by atoms with Crippen LogP contribution < -0.4 is 5.32 Å². The van der Waals surface area contributed by atoms with E-state index in [0.717, 1.165) is 5.56 Å². The zero-order chi connectivity index (χ0) is 24.1. The number of aliphatic hydroxyl groups is 6. The van der Waals surface area contributed by atoms with Crippen molar-refractivity contribution < 1.29 is 54.4 Å². The molecule has 33 heavy (non-hydrogen) atoms. The average molecular weight is 473 g/mol. The largest absolute Gasteiger partial charge is 0.394 e. The number of benzene rings is 1. The maximum atomic E-state index is 11.8. The first-order valence-electron chi connectivity index (χ1n) is 10.6. The Kier molecular flexibility index (Phi) is 9.12. The Morgan fingerprint density at radius 3 is 2.15 bits per heavy atom. The number of ether oxygens (including phenoxy) is 4. The van der Waals surface area contributed by atoms with Crippen LogP contribution in [-0.4, -0.2) is 111 Å². The summed E-state index contributed by atoms with van der Waals surface area (Å²) in [5, 5.41) is 62.9. The maximum absolute atomic E-state index is 11.8. The lowest BCUT2D eigenvalue weighted by molar-refractivity contribution is -0.349. The third-order valence-corrected chi connectivity index (χ3v) is 5.62. The van der Waals surface area contributed by atoms with Crippen molar-refractivity contribution in [1.29, 1.82) is 0 Å². The molecule has 0 spiro atoms. The first-order valence-corrected chi connectivity index (χ1v) is 10.6. The first kappa shape index (κ1) is 25.9. The molecule has 2 heterocycles. The molecular formula is C21H31NO11. The molecule has 0 saturated carbocycles. The molecule has 1 amide bonds. The third-order valence-electron chi connectivity index (χ3n) is 5.62. The first-order chi connectivity index (χ1) is 15.8. The van der Waals surface area contributed by atoms with Crippen LogP contribution in [0.1, 0.15) is 12.5 Å². The van der Waals surface area contributed by atoms with E-state index in [0.29, 0.717) is 0 Å². The summed E-state index contributed by atoms with van der Waals surface area (Å²) in [6.45, 7) is 0.0657. The predicted molar refractivity (Wildman–Crippen MR) is 109 cm³/mol. The van der Waals surface area contributed by atoms with Gasteiger partial charge in [0, 0.05) is 6.92 Å². The third kappa shape index (κ3) is 6.05. The minimum atomic E-state index is -1.72. The quantitative estimate of drug-likeness (QED) is 0.203. The number of carbonyl (C=O) groups excluding carboxylic acids is 1. The summed E-state index contributed by atoms with van der Waals surface area (Å²) < 4.78 is 22.5. The minimum Gasteiger partial charge on any atom is -0.394 e. The van der Waals surface area contributed by atoms with E-state index in [4.69, 9.17) is 18.9 Å². The van der Waals surface area contributed by atoms with E-state index in [2.05, 4.69) is 5.32 Å². The lowest BCUT2D eigenvalue weighted by Gasteiger charge is -2.47. The number of amides is 1. The van der Waals surface area contributed by atoms with Crippen molar-refractivity contribution in [3.05, 3.63) is 35.9 Å². The van der Waals surface area contributed by atoms with Crippen LogP contribution in [0.3, 0.4) is 0 Å². The molecule has 12 nitrogen and oxygen atoms in total. The standard InChI is InChI=1S/C21H31NO11/c1-10(25)22-14-16(27)19(33-21-18(29)17(28)15(26)12(7-23)31-21)13(8-24)32-20(14)30-9-11-5-3-2-4-6-11/h2-6,12-21,23-24,26-29H,7-9H2,1H3,(H,22,25)/t12?,13?,14-,15-,16+,17-,18-,19+,20+,21-/m0/s1. The van der Waals surface area contributed by atoms with Gasteiger partial charge in [0.2, 0.25) is 5.91 Å². The molecule has 0 radical (unpaired) electrons. The topological polar surface area (TPSA) is 187 Å². The fraction of sp³-hybridized carbons (Fsp3) is 0.667. The summed E-state index contributed by atoms with van der Waals surface area (Å²) in [6, 6.07) is 8.02. The van der Waals surface area contributed by atoms with E-state index in [-0.39, 0.29) is 6.61 Å². The molecular weight excluding hydrogens is 442 g/mol. The Labute approximate surface area is 190 Å². The van der Waals surface area contributed by atoms with Crippen molar-refractivity contribution in [1.82, 2.24) is 5.32 Å². The van der Waals surface area contributed by atoms with E-state index in [1.807, 2.05) is 30.3 Å². The highest BCUT2D eigenvalue weighted by Gasteiger charge is 2.51. The molecule has 2 unspecified atom stereocenters. The number of carbonyl (C=O) groups is 1. The zero-order valence-electron chi connectivity index (χ0n) is 18.0. The van der Waals surface area contributed by atoms with Gasteiger partial charge in [0.15, 0.2) is 12.6 Å². The lowest BCUT2D eigenvalue weighted by Crippen LogP contribution is -2.67. The molecule has 10 atom stereocenters. The number of hydrogen-bond donors (Lipinski definition) is 7. The van der Waals surface area contributed by atoms with Crippen LogP contribution >= 0.6 is 0 Å². The molecule has 3 rings (SSSR count). The summed E-state index contributed by atoms with van der Waals surface area (Å²) >= 11 is 0. The SMILES string of the molecule is CC(=O)N[C@@H]1[C@H](OCc2ccccc2)OC(CO)[C@@H](O[C@@H]2OC(CO)[C@H](O)[C@H](O)[C@@H]2O)[C@@H]1O. The molecule has 2 aliphatic heterocycles. The fourth-order valence-corrected chi connectivity index (χ4v) is 3.85. The highest BCUT2D eigenvalue weighted by Crippen LogP contribution is 2.30. The van der Waals surface area contributed by atoms with Crippen LogP contribution in [0.25, 0.3) is 0 Å². The van der Waals surface area contributed by atoms with Gasteiger partial charge in [-0.3, -0.25) is 4.79 Å². The molecule has 1 aromatic rings. The Morgan fingerprint density at radius 2 is 1.55 bits per heavy atom. The number of rotatable bonds is 8. The summed E-state index contributed by atoms with van der Waals surface area (Å²) in [5.74, 6) is -0.481. The molecule has 7 N–H and O–H groups in total. The number of aliphatic hydroxyl groups excluding tert-OH is 6. The Hall–Kier alpha value is -1.71. The Balaban J connectivity index is 1.76. The molecule has 0 aliphatic carbocycles. The van der Waals surface area contributed by atoms with Crippen LogP contribution in [0.2, 0.25) is 0 Å². The van der Waals surface area contributed by atoms with Crippen LogP contribution in [0.5, 0.6) is 0 Å². The molecule has 2 saturated heterocycles. The summed E-state index contributed by atoms with van der Waals surface area (Å²) in [6.07, 6.45) is -12.9. The van der Waals surface area contributed by atoms with Gasteiger partial charge in [0.1, 0.15) is 48.8 Å². The monoisotopic (exact) mass is 473 g/mol. The average Bonchev–Trinajstić information content (AvgIpc) is 2.81.